The van der Waals surface area contributed by atoms with Crippen molar-refractivity contribution in [2.75, 3.05) is 20.2 Å². The molecule has 40 heavy (non-hydrogen) atoms. The van der Waals surface area contributed by atoms with E-state index in [0.717, 1.165) is 40.7 Å². The van der Waals surface area contributed by atoms with E-state index >= 15 is 0 Å². The van der Waals surface area contributed by atoms with Crippen molar-refractivity contribution < 1.29 is 24.2 Å². The Hall–Kier alpha value is -4.17. The van der Waals surface area contributed by atoms with Gasteiger partial charge in [0.2, 0.25) is 5.91 Å². The molecule has 8 heteroatoms. The van der Waals surface area contributed by atoms with E-state index in [1.54, 1.807) is 0 Å². The third kappa shape index (κ3) is 5.87. The number of likely N-dealkylation sites (N-methyl/N-ethyl adjacent to an activating group) is 1. The van der Waals surface area contributed by atoms with Crippen LogP contribution in [0.1, 0.15) is 48.3 Å². The lowest BCUT2D eigenvalue weighted by atomic mass is 9.96. The fourth-order valence-electron chi connectivity index (χ4n) is 5.97. The Morgan fingerprint density at radius 3 is 2.10 bits per heavy atom. The van der Waals surface area contributed by atoms with E-state index in [0.29, 0.717) is 19.4 Å². The van der Waals surface area contributed by atoms with E-state index < -0.39 is 29.6 Å². The van der Waals surface area contributed by atoms with Gasteiger partial charge in [-0.3, -0.25) is 9.69 Å². The summed E-state index contributed by atoms with van der Waals surface area (Å²) in [6.07, 6.45) is 1.68. The fraction of sp³-hybridized carbons (Fsp3) is 0.344. The SMILES string of the molecule is CN(Cc1ccccc1)CC(NC(=O)C1(NC(=O)OCC2c3ccccc3-c3ccccc32)CCCC1)C(=O)O. The third-order valence-corrected chi connectivity index (χ3v) is 7.97. The van der Waals surface area contributed by atoms with Crippen LogP contribution in [0.4, 0.5) is 4.79 Å². The average molecular weight is 542 g/mol. The fourth-order valence-corrected chi connectivity index (χ4v) is 5.97. The van der Waals surface area contributed by atoms with Gasteiger partial charge in [0.15, 0.2) is 0 Å². The average Bonchev–Trinajstić information content (AvgIpc) is 3.55. The van der Waals surface area contributed by atoms with Crippen LogP contribution in [0.3, 0.4) is 0 Å². The highest BCUT2D eigenvalue weighted by Crippen LogP contribution is 2.44. The van der Waals surface area contributed by atoms with Crippen LogP contribution in [0.15, 0.2) is 78.9 Å². The van der Waals surface area contributed by atoms with Crippen molar-refractivity contribution in [3.63, 3.8) is 0 Å². The highest BCUT2D eigenvalue weighted by molar-refractivity contribution is 5.93. The topological polar surface area (TPSA) is 108 Å². The lowest BCUT2D eigenvalue weighted by molar-refractivity contribution is -0.143. The summed E-state index contributed by atoms with van der Waals surface area (Å²) >= 11 is 0. The Morgan fingerprint density at radius 1 is 0.925 bits per heavy atom. The molecule has 1 saturated carbocycles. The quantitative estimate of drug-likeness (QED) is 0.348. The highest BCUT2D eigenvalue weighted by Gasteiger charge is 2.44. The Labute approximate surface area is 234 Å². The van der Waals surface area contributed by atoms with Crippen molar-refractivity contribution in [1.29, 1.82) is 0 Å². The van der Waals surface area contributed by atoms with Crippen LogP contribution < -0.4 is 10.6 Å². The summed E-state index contributed by atoms with van der Waals surface area (Å²) in [6.45, 7) is 0.806. The van der Waals surface area contributed by atoms with Crippen LogP contribution in [0, 0.1) is 0 Å². The second-order valence-electron chi connectivity index (χ2n) is 10.8. The van der Waals surface area contributed by atoms with Crippen molar-refractivity contribution in [1.82, 2.24) is 15.5 Å². The van der Waals surface area contributed by atoms with E-state index in [-0.39, 0.29) is 19.1 Å². The van der Waals surface area contributed by atoms with Crippen LogP contribution in [0.2, 0.25) is 0 Å². The lowest BCUT2D eigenvalue weighted by Gasteiger charge is -2.31. The van der Waals surface area contributed by atoms with Crippen molar-refractivity contribution in [3.05, 3.63) is 95.6 Å². The molecular formula is C32H35N3O5. The molecule has 5 rings (SSSR count). The zero-order chi connectivity index (χ0) is 28.1. The van der Waals surface area contributed by atoms with Gasteiger partial charge in [0, 0.05) is 19.0 Å². The number of aliphatic carboxylic acids is 1. The molecule has 1 unspecified atom stereocenters. The van der Waals surface area contributed by atoms with Crippen molar-refractivity contribution >= 4 is 18.0 Å². The van der Waals surface area contributed by atoms with Gasteiger partial charge < -0.3 is 20.5 Å². The van der Waals surface area contributed by atoms with Gasteiger partial charge in [0.1, 0.15) is 18.2 Å². The first-order valence-electron chi connectivity index (χ1n) is 13.8. The summed E-state index contributed by atoms with van der Waals surface area (Å²) in [6, 6.07) is 24.8. The normalized spacial score (nSPS) is 16.1. The van der Waals surface area contributed by atoms with Crippen molar-refractivity contribution in [2.24, 2.45) is 0 Å². The largest absolute Gasteiger partial charge is 0.480 e. The molecule has 0 saturated heterocycles. The Bertz CT molecular complexity index is 1320. The molecule has 1 atom stereocenters. The summed E-state index contributed by atoms with van der Waals surface area (Å²) in [4.78, 5) is 40.5. The number of carboxylic acids is 1. The van der Waals surface area contributed by atoms with Crippen LogP contribution in [-0.2, 0) is 20.9 Å². The standard InChI is InChI=1S/C32H35N3O5/c1-35(19-22-11-3-2-4-12-22)20-28(29(36)37)33-30(38)32(17-9-10-18-32)34-31(39)40-21-27-25-15-7-5-13-23(25)24-14-6-8-16-26(24)27/h2-8,11-16,27-28H,9-10,17-21H2,1H3,(H,33,38)(H,34,39)(H,36,37). The van der Waals surface area contributed by atoms with Gasteiger partial charge in [-0.15, -0.1) is 0 Å². The second kappa shape index (κ2) is 11.9. The zero-order valence-corrected chi connectivity index (χ0v) is 22.6. The molecule has 3 N–H and O–H groups in total. The number of nitrogens with one attached hydrogen (secondary N) is 2. The number of nitrogens with zero attached hydrogens (tertiary/aromatic N) is 1. The molecule has 2 aliphatic rings. The first kappa shape index (κ1) is 27.4. The Morgan fingerprint density at radius 2 is 1.50 bits per heavy atom. The second-order valence-corrected chi connectivity index (χ2v) is 10.8. The molecule has 1 fully saturated rings. The van der Waals surface area contributed by atoms with Gasteiger partial charge in [0.05, 0.1) is 0 Å². The maximum absolute atomic E-state index is 13.5. The molecule has 2 amide bonds. The number of carbonyl (C=O) groups is 3. The van der Waals surface area contributed by atoms with Crippen molar-refractivity contribution in [3.8, 4) is 11.1 Å². The molecule has 8 nitrogen and oxygen atoms in total. The van der Waals surface area contributed by atoms with Crippen LogP contribution in [-0.4, -0.2) is 59.8 Å². The molecule has 0 heterocycles. The first-order chi connectivity index (χ1) is 19.4. The number of carbonyl (C=O) groups excluding carboxylic acids is 2. The zero-order valence-electron chi connectivity index (χ0n) is 22.6. The number of carboxylic acid groups (broad SMARTS) is 1. The molecule has 0 bridgehead atoms. The molecule has 208 valence electrons. The molecule has 0 spiro atoms. The summed E-state index contributed by atoms with van der Waals surface area (Å²) in [5.41, 5.74) is 4.33. The summed E-state index contributed by atoms with van der Waals surface area (Å²) < 4.78 is 5.71. The number of fused-ring (bicyclic) bond motifs is 3. The van der Waals surface area contributed by atoms with E-state index in [1.807, 2.05) is 78.7 Å². The van der Waals surface area contributed by atoms with Crippen molar-refractivity contribution in [2.45, 2.75) is 49.7 Å². The predicted octanol–water partition coefficient (Wildman–Crippen LogP) is 4.54. The Kier molecular flexibility index (Phi) is 8.16. The maximum atomic E-state index is 13.5. The summed E-state index contributed by atoms with van der Waals surface area (Å²) in [5.74, 6) is -1.70. The van der Waals surface area contributed by atoms with Gasteiger partial charge in [-0.1, -0.05) is 91.7 Å². The lowest BCUT2D eigenvalue weighted by Crippen LogP contribution is -2.61. The van der Waals surface area contributed by atoms with Gasteiger partial charge in [-0.25, -0.2) is 9.59 Å². The van der Waals surface area contributed by atoms with Crippen LogP contribution >= 0.6 is 0 Å². The number of rotatable bonds is 10. The van der Waals surface area contributed by atoms with E-state index in [4.69, 9.17) is 4.74 Å². The number of hydrogen-bond donors (Lipinski definition) is 3. The summed E-state index contributed by atoms with van der Waals surface area (Å²) in [7, 11) is 1.81. The molecule has 0 radical (unpaired) electrons. The monoisotopic (exact) mass is 541 g/mol. The van der Waals surface area contributed by atoms with E-state index in [1.165, 1.54) is 0 Å². The van der Waals surface area contributed by atoms with Crippen LogP contribution in [0.5, 0.6) is 0 Å². The minimum Gasteiger partial charge on any atom is -0.480 e. The minimum absolute atomic E-state index is 0.0944. The smallest absolute Gasteiger partial charge is 0.408 e. The summed E-state index contributed by atoms with van der Waals surface area (Å²) in [5, 5.41) is 15.4. The number of alkyl carbamates (subject to hydrolysis) is 1. The number of ether oxygens (including phenoxy) is 1. The van der Waals surface area contributed by atoms with Gasteiger partial charge >= 0.3 is 12.1 Å². The van der Waals surface area contributed by atoms with Gasteiger partial charge in [0.25, 0.3) is 0 Å². The molecule has 3 aromatic carbocycles. The predicted molar refractivity (Wildman–Crippen MR) is 152 cm³/mol. The highest BCUT2D eigenvalue weighted by atomic mass is 16.5. The number of amides is 2. The number of benzene rings is 3. The first-order valence-corrected chi connectivity index (χ1v) is 13.8. The molecule has 2 aliphatic carbocycles. The van der Waals surface area contributed by atoms with Gasteiger partial charge in [-0.05, 0) is 47.7 Å². The van der Waals surface area contributed by atoms with E-state index in [2.05, 4.69) is 22.8 Å². The molecular weight excluding hydrogens is 506 g/mol. The van der Waals surface area contributed by atoms with Gasteiger partial charge in [-0.2, -0.15) is 0 Å². The van der Waals surface area contributed by atoms with E-state index in [9.17, 15) is 19.5 Å². The number of hydrogen-bond acceptors (Lipinski definition) is 5. The Balaban J connectivity index is 1.22. The van der Waals surface area contributed by atoms with Crippen LogP contribution in [0.25, 0.3) is 11.1 Å². The molecule has 0 aliphatic heterocycles. The molecule has 3 aromatic rings. The maximum Gasteiger partial charge on any atom is 0.408 e. The molecule has 0 aromatic heterocycles. The minimum atomic E-state index is -1.20. The third-order valence-electron chi connectivity index (χ3n) is 7.97.